The summed E-state index contributed by atoms with van der Waals surface area (Å²) in [5.41, 5.74) is 1.22. The molecule has 0 bridgehead atoms. The topological polar surface area (TPSA) is 58.2 Å². The molecule has 1 aliphatic carbocycles. The number of amides is 2. The molecule has 0 aliphatic heterocycles. The van der Waals surface area contributed by atoms with Crippen molar-refractivity contribution in [1.29, 1.82) is 0 Å². The molecule has 2 rings (SSSR count). The summed E-state index contributed by atoms with van der Waals surface area (Å²) in [7, 11) is 0. The van der Waals surface area contributed by atoms with Crippen molar-refractivity contribution in [3.8, 4) is 0 Å². The van der Waals surface area contributed by atoms with Gasteiger partial charge in [0, 0.05) is 23.7 Å². The third kappa shape index (κ3) is 5.99. The second-order valence-corrected chi connectivity index (χ2v) is 7.18. The minimum absolute atomic E-state index is 0.0336. The summed E-state index contributed by atoms with van der Waals surface area (Å²) in [6, 6.07) is 7.23. The quantitative estimate of drug-likeness (QED) is 0.777. The van der Waals surface area contributed by atoms with Gasteiger partial charge in [-0.2, -0.15) is 0 Å². The van der Waals surface area contributed by atoms with Gasteiger partial charge < -0.3 is 10.6 Å². The third-order valence-corrected chi connectivity index (χ3v) is 4.61. The Kier molecular flexibility index (Phi) is 7.29. The predicted molar refractivity (Wildman–Crippen MR) is 97.2 cm³/mol. The van der Waals surface area contributed by atoms with E-state index in [0.29, 0.717) is 29.6 Å². The van der Waals surface area contributed by atoms with E-state index in [0.717, 1.165) is 19.3 Å². The van der Waals surface area contributed by atoms with Crippen LogP contribution in [0.5, 0.6) is 0 Å². The van der Waals surface area contributed by atoms with Crippen LogP contribution in [0.25, 0.3) is 0 Å². The van der Waals surface area contributed by atoms with E-state index < -0.39 is 0 Å². The zero-order chi connectivity index (χ0) is 17.4. The summed E-state index contributed by atoms with van der Waals surface area (Å²) in [5, 5.41) is 6.04. The zero-order valence-electron chi connectivity index (χ0n) is 14.9. The average Bonchev–Trinajstić information content (AvgIpc) is 2.83. The first-order valence-electron chi connectivity index (χ1n) is 9.25. The molecule has 0 spiro atoms. The molecule has 1 aromatic carbocycles. The average molecular weight is 330 g/mol. The van der Waals surface area contributed by atoms with E-state index in [1.165, 1.54) is 25.7 Å². The molecule has 2 amide bonds. The van der Waals surface area contributed by atoms with E-state index in [4.69, 9.17) is 0 Å². The van der Waals surface area contributed by atoms with Crippen LogP contribution in [-0.2, 0) is 0 Å². The lowest BCUT2D eigenvalue weighted by Gasteiger charge is -2.16. The molecule has 4 nitrogen and oxygen atoms in total. The first-order chi connectivity index (χ1) is 11.6. The third-order valence-electron chi connectivity index (χ3n) is 4.61. The second kappa shape index (κ2) is 9.45. The molecule has 1 aliphatic rings. The number of rotatable bonds is 6. The van der Waals surface area contributed by atoms with E-state index in [1.807, 2.05) is 0 Å². The van der Waals surface area contributed by atoms with Crippen molar-refractivity contribution in [3.05, 3.63) is 35.4 Å². The Morgan fingerprint density at radius 3 is 2.04 bits per heavy atom. The molecule has 2 N–H and O–H groups in total. The van der Waals surface area contributed by atoms with Crippen LogP contribution in [0.3, 0.4) is 0 Å². The number of hydrogen-bond donors (Lipinski definition) is 2. The molecule has 0 unspecified atom stereocenters. The number of carbonyl (C=O) groups is 2. The summed E-state index contributed by atoms with van der Waals surface area (Å²) >= 11 is 0. The van der Waals surface area contributed by atoms with Crippen LogP contribution in [0.2, 0.25) is 0 Å². The van der Waals surface area contributed by atoms with Crippen molar-refractivity contribution in [2.45, 2.75) is 64.8 Å². The van der Waals surface area contributed by atoms with Gasteiger partial charge in [0.25, 0.3) is 11.8 Å². The smallest absolute Gasteiger partial charge is 0.251 e. The van der Waals surface area contributed by atoms with Crippen LogP contribution in [0.1, 0.15) is 79.5 Å². The van der Waals surface area contributed by atoms with Crippen LogP contribution < -0.4 is 10.6 Å². The van der Waals surface area contributed by atoms with E-state index in [-0.39, 0.29) is 11.8 Å². The van der Waals surface area contributed by atoms with Gasteiger partial charge in [0.05, 0.1) is 0 Å². The first-order valence-corrected chi connectivity index (χ1v) is 9.25. The molecule has 0 atom stereocenters. The summed E-state index contributed by atoms with van der Waals surface area (Å²) in [4.78, 5) is 24.4. The van der Waals surface area contributed by atoms with Crippen molar-refractivity contribution in [2.24, 2.45) is 5.92 Å². The van der Waals surface area contributed by atoms with Gasteiger partial charge in [0.15, 0.2) is 0 Å². The fraction of sp³-hybridized carbons (Fsp3) is 0.600. The molecular formula is C20H30N2O2. The maximum atomic E-state index is 12.3. The van der Waals surface area contributed by atoms with E-state index in [9.17, 15) is 9.59 Å². The molecule has 0 saturated heterocycles. The van der Waals surface area contributed by atoms with Crippen molar-refractivity contribution in [2.75, 3.05) is 6.54 Å². The number of benzene rings is 1. The monoisotopic (exact) mass is 330 g/mol. The van der Waals surface area contributed by atoms with Crippen molar-refractivity contribution < 1.29 is 9.59 Å². The maximum Gasteiger partial charge on any atom is 0.251 e. The Hall–Kier alpha value is -1.84. The lowest BCUT2D eigenvalue weighted by Crippen LogP contribution is -2.34. The minimum Gasteiger partial charge on any atom is -0.352 e. The molecule has 1 fully saturated rings. The molecule has 0 heterocycles. The van der Waals surface area contributed by atoms with Gasteiger partial charge in [-0.15, -0.1) is 0 Å². The van der Waals surface area contributed by atoms with Gasteiger partial charge in [-0.25, -0.2) is 0 Å². The normalized spacial score (nSPS) is 15.8. The Morgan fingerprint density at radius 1 is 0.958 bits per heavy atom. The van der Waals surface area contributed by atoms with Gasteiger partial charge in [-0.05, 0) is 49.4 Å². The number of hydrogen-bond acceptors (Lipinski definition) is 2. The highest BCUT2D eigenvalue weighted by Gasteiger charge is 2.16. The molecule has 1 aromatic rings. The Labute approximate surface area is 145 Å². The Balaban J connectivity index is 1.86. The fourth-order valence-electron chi connectivity index (χ4n) is 3.04. The van der Waals surface area contributed by atoms with Crippen molar-refractivity contribution >= 4 is 11.8 Å². The molecule has 1 saturated carbocycles. The van der Waals surface area contributed by atoms with Gasteiger partial charge >= 0.3 is 0 Å². The van der Waals surface area contributed by atoms with Gasteiger partial charge in [-0.3, -0.25) is 9.59 Å². The van der Waals surface area contributed by atoms with Crippen molar-refractivity contribution in [1.82, 2.24) is 10.6 Å². The molecule has 132 valence electrons. The zero-order valence-corrected chi connectivity index (χ0v) is 14.9. The van der Waals surface area contributed by atoms with Gasteiger partial charge in [-0.1, -0.05) is 39.5 Å². The summed E-state index contributed by atoms with van der Waals surface area (Å²) < 4.78 is 0. The lowest BCUT2D eigenvalue weighted by atomic mass is 10.1. The van der Waals surface area contributed by atoms with Crippen LogP contribution in [0.4, 0.5) is 0 Å². The summed E-state index contributed by atoms with van der Waals surface area (Å²) in [6.07, 6.45) is 8.04. The van der Waals surface area contributed by atoms with E-state index in [2.05, 4.69) is 24.5 Å². The summed E-state index contributed by atoms with van der Waals surface area (Å²) in [6.45, 7) is 4.95. The fourth-order valence-corrected chi connectivity index (χ4v) is 3.04. The van der Waals surface area contributed by atoms with Crippen LogP contribution in [0.15, 0.2) is 24.3 Å². The predicted octanol–water partition coefficient (Wildman–Crippen LogP) is 3.92. The Bertz CT molecular complexity index is 529. The highest BCUT2D eigenvalue weighted by atomic mass is 16.2. The SMILES string of the molecule is CC(C)CCNC(=O)c1ccc(C(=O)NC2CCCCCC2)cc1. The summed E-state index contributed by atoms with van der Waals surface area (Å²) in [5.74, 6) is 0.459. The molecule has 4 heteroatoms. The number of carbonyl (C=O) groups excluding carboxylic acids is 2. The molecule has 0 radical (unpaired) electrons. The van der Waals surface area contributed by atoms with E-state index >= 15 is 0 Å². The standard InChI is InChI=1S/C20H30N2O2/c1-15(2)13-14-21-19(23)16-9-11-17(12-10-16)20(24)22-18-7-5-3-4-6-8-18/h9-12,15,18H,3-8,13-14H2,1-2H3,(H,21,23)(H,22,24). The largest absolute Gasteiger partial charge is 0.352 e. The van der Waals surface area contributed by atoms with Crippen LogP contribution >= 0.6 is 0 Å². The molecule has 0 aromatic heterocycles. The number of nitrogens with one attached hydrogen (secondary N) is 2. The van der Waals surface area contributed by atoms with Gasteiger partial charge in [0.1, 0.15) is 0 Å². The molecule has 24 heavy (non-hydrogen) atoms. The van der Waals surface area contributed by atoms with Crippen LogP contribution in [-0.4, -0.2) is 24.4 Å². The minimum atomic E-state index is -0.0774. The Morgan fingerprint density at radius 2 is 1.50 bits per heavy atom. The molecular weight excluding hydrogens is 300 g/mol. The highest BCUT2D eigenvalue weighted by molar-refractivity contribution is 5.97. The van der Waals surface area contributed by atoms with Crippen molar-refractivity contribution in [3.63, 3.8) is 0 Å². The maximum absolute atomic E-state index is 12.3. The second-order valence-electron chi connectivity index (χ2n) is 7.18. The van der Waals surface area contributed by atoms with Gasteiger partial charge in [0.2, 0.25) is 0 Å². The van der Waals surface area contributed by atoms with E-state index in [1.54, 1.807) is 24.3 Å². The first kappa shape index (κ1) is 18.5. The van der Waals surface area contributed by atoms with Crippen LogP contribution in [0, 0.1) is 5.92 Å². The highest BCUT2D eigenvalue weighted by Crippen LogP contribution is 2.17. The lowest BCUT2D eigenvalue weighted by molar-refractivity contribution is 0.0927.